The van der Waals surface area contributed by atoms with E-state index in [0.29, 0.717) is 17.5 Å². The molecule has 4 amide bonds. The Balaban J connectivity index is 1.37. The van der Waals surface area contributed by atoms with Gasteiger partial charge in [-0.3, -0.25) is 23.7 Å². The Labute approximate surface area is 272 Å². The fraction of sp³-hybridized carbons (Fsp3) is 0.556. The van der Waals surface area contributed by atoms with Crippen LogP contribution in [0, 0.1) is 0 Å². The number of thiophene rings is 1. The van der Waals surface area contributed by atoms with Gasteiger partial charge >= 0.3 is 13.3 Å². The lowest BCUT2D eigenvalue weighted by Gasteiger charge is -2.38. The third-order valence-electron chi connectivity index (χ3n) is 8.75. The largest absolute Gasteiger partial charge is 0.399 e. The summed E-state index contributed by atoms with van der Waals surface area (Å²) in [7, 11) is -9.44. The van der Waals surface area contributed by atoms with Gasteiger partial charge in [0, 0.05) is 49.4 Å². The van der Waals surface area contributed by atoms with Crippen LogP contribution in [-0.2, 0) is 34.6 Å². The molecule has 3 aliphatic rings. The average molecular weight is 722 g/mol. The molecule has 0 aliphatic carbocycles. The molecule has 47 heavy (non-hydrogen) atoms. The molecular weight excluding hydrogens is 687 g/mol. The number of carbonyl (C=O) groups excluding carboxylic acids is 4. The summed E-state index contributed by atoms with van der Waals surface area (Å²) in [6, 6.07) is 0.502. The van der Waals surface area contributed by atoms with Crippen molar-refractivity contribution in [1.29, 1.82) is 0 Å². The van der Waals surface area contributed by atoms with E-state index >= 15 is 0 Å². The monoisotopic (exact) mass is 721 g/mol. The number of amides is 4. The number of hydrogen-bond donors (Lipinski definition) is 5. The molecule has 258 valence electrons. The number of aliphatic hydroxyl groups is 1. The molecule has 1 aromatic heterocycles. The maximum absolute atomic E-state index is 14.3. The van der Waals surface area contributed by atoms with Gasteiger partial charge in [-0.2, -0.15) is 13.1 Å². The first-order chi connectivity index (χ1) is 21.8. The van der Waals surface area contributed by atoms with Crippen molar-refractivity contribution in [2.75, 3.05) is 32.4 Å². The van der Waals surface area contributed by atoms with E-state index in [2.05, 4.69) is 10.6 Å². The van der Waals surface area contributed by atoms with Gasteiger partial charge in [0.2, 0.25) is 27.7 Å². The second-order valence-electron chi connectivity index (χ2n) is 12.0. The molecule has 0 radical (unpaired) electrons. The van der Waals surface area contributed by atoms with Crippen LogP contribution in [0.25, 0.3) is 10.1 Å². The van der Waals surface area contributed by atoms with Gasteiger partial charge in [0.15, 0.2) is 0 Å². The first-order valence-electron chi connectivity index (χ1n) is 14.6. The van der Waals surface area contributed by atoms with Crippen molar-refractivity contribution in [1.82, 2.24) is 24.7 Å². The highest BCUT2D eigenvalue weighted by atomic mass is 32.2. The summed E-state index contributed by atoms with van der Waals surface area (Å²) >= 11 is 0.892. The third-order valence-corrected chi connectivity index (χ3v) is 12.1. The smallest absolute Gasteiger partial charge is 0.390 e. The van der Waals surface area contributed by atoms with Gasteiger partial charge in [-0.1, -0.05) is 6.07 Å². The lowest BCUT2D eigenvalue weighted by molar-refractivity contribution is -0.145. The van der Waals surface area contributed by atoms with Crippen LogP contribution >= 0.6 is 18.9 Å². The quantitative estimate of drug-likeness (QED) is 0.241. The van der Waals surface area contributed by atoms with E-state index in [9.17, 15) is 46.0 Å². The van der Waals surface area contributed by atoms with Crippen molar-refractivity contribution in [2.24, 2.45) is 0 Å². The van der Waals surface area contributed by atoms with E-state index < -0.39 is 76.8 Å². The molecule has 0 unspecified atom stereocenters. The Hall–Kier alpha value is -3.06. The van der Waals surface area contributed by atoms with Crippen LogP contribution in [0.15, 0.2) is 24.3 Å². The number of carbonyl (C=O) groups is 4. The molecule has 3 saturated heterocycles. The predicted octanol–water partition coefficient (Wildman–Crippen LogP) is -0.0406. The zero-order valence-electron chi connectivity index (χ0n) is 25.2. The normalized spacial score (nSPS) is 26.2. The molecule has 2 aromatic rings. The minimum absolute atomic E-state index is 0.00111. The summed E-state index contributed by atoms with van der Waals surface area (Å²) in [5.74, 6) is -2.35. The van der Waals surface area contributed by atoms with E-state index in [0.717, 1.165) is 34.0 Å². The maximum Gasteiger partial charge on any atom is 0.399 e. The van der Waals surface area contributed by atoms with Crippen molar-refractivity contribution in [2.45, 2.75) is 62.1 Å². The number of nitrogens with one attached hydrogen (secondary N) is 2. The minimum atomic E-state index is -5.83. The summed E-state index contributed by atoms with van der Waals surface area (Å²) in [4.78, 5) is 74.3. The number of alkyl halides is 2. The van der Waals surface area contributed by atoms with Gasteiger partial charge in [0.1, 0.15) is 12.1 Å². The Morgan fingerprint density at radius 3 is 2.38 bits per heavy atom. The molecule has 20 heteroatoms. The van der Waals surface area contributed by atoms with Crippen LogP contribution in [0.2, 0.25) is 0 Å². The number of benzene rings is 1. The van der Waals surface area contributed by atoms with Crippen LogP contribution in [-0.4, -0.2) is 124 Å². The first-order valence-corrected chi connectivity index (χ1v) is 18.8. The maximum atomic E-state index is 14.3. The highest BCUT2D eigenvalue weighted by Crippen LogP contribution is 2.59. The second-order valence-corrected chi connectivity index (χ2v) is 16.7. The summed E-state index contributed by atoms with van der Waals surface area (Å²) in [6.45, 7) is 0.993. The highest BCUT2D eigenvalue weighted by molar-refractivity contribution is 7.88. The zero-order chi connectivity index (χ0) is 34.6. The van der Waals surface area contributed by atoms with Crippen molar-refractivity contribution >= 4 is 62.7 Å². The standard InChI is InChI=1S/C27H34F2N5O10PS2/c1-14(35)32-8-7-17-4-5-20(24(37)30-18-12-33(13-21(18)36)47(2,43)44)34(17)26(39)19(11-32)31-25(38)23-10-15-9-16(3-6-22(15)46-23)27(28,29)45(40,41)42/h3,6,9-10,17-21,36H,4-5,7-8,11-13H2,1-2H3,(H,30,37)(H,31,38)(H2,40,41,42)/t17-,18+,19+,20+,21+/m1/s1. The molecule has 5 N–H and O–H groups in total. The van der Waals surface area contributed by atoms with Crippen LogP contribution in [0.4, 0.5) is 8.78 Å². The minimum Gasteiger partial charge on any atom is -0.390 e. The van der Waals surface area contributed by atoms with Crippen molar-refractivity contribution in [3.05, 3.63) is 34.7 Å². The average Bonchev–Trinajstić information content (AvgIpc) is 3.68. The number of hydrogen-bond acceptors (Lipinski definition) is 9. The molecule has 15 nitrogen and oxygen atoms in total. The van der Waals surface area contributed by atoms with Gasteiger partial charge in [0.05, 0.1) is 23.3 Å². The summed E-state index contributed by atoms with van der Waals surface area (Å²) in [5, 5.41) is 15.8. The van der Waals surface area contributed by atoms with Gasteiger partial charge in [-0.15, -0.1) is 11.3 Å². The van der Waals surface area contributed by atoms with Gasteiger partial charge < -0.3 is 35.3 Å². The lowest BCUT2D eigenvalue weighted by Crippen LogP contribution is -2.61. The Morgan fingerprint density at radius 2 is 1.77 bits per heavy atom. The molecule has 3 aliphatic heterocycles. The summed E-state index contributed by atoms with van der Waals surface area (Å²) in [6.07, 6.45) is 0.854. The number of fused-ring (bicyclic) bond motifs is 2. The fourth-order valence-corrected chi connectivity index (χ4v) is 8.48. The molecule has 0 spiro atoms. The van der Waals surface area contributed by atoms with Crippen LogP contribution in [0.3, 0.4) is 0 Å². The SMILES string of the molecule is CC(=O)N1CC[C@H]2CC[C@@H](C(=O)N[C@H]3CN(S(C)(=O)=O)C[C@@H]3O)N2C(=O)[C@@H](NC(=O)c2cc3cc(C(F)(F)P(=O)(O)O)ccc3s2)C1. The predicted molar refractivity (Wildman–Crippen MR) is 164 cm³/mol. The van der Waals surface area contributed by atoms with Crippen molar-refractivity contribution in [3.63, 3.8) is 0 Å². The topological polar surface area (TPSA) is 214 Å². The Morgan fingerprint density at radius 1 is 1.06 bits per heavy atom. The van der Waals surface area contributed by atoms with E-state index in [1.807, 2.05) is 0 Å². The summed E-state index contributed by atoms with van der Waals surface area (Å²) in [5.41, 5.74) is -5.39. The van der Waals surface area contributed by atoms with Gasteiger partial charge in [0.25, 0.3) is 5.91 Å². The van der Waals surface area contributed by atoms with Gasteiger partial charge in [-0.05, 0) is 42.8 Å². The number of β-amino-alcohol motifs (C(OH)–C–C–N with tert-alkyl or cyclic N) is 1. The first kappa shape index (κ1) is 35.3. The van der Waals surface area contributed by atoms with E-state index in [1.165, 1.54) is 28.9 Å². The van der Waals surface area contributed by atoms with Crippen molar-refractivity contribution in [3.8, 4) is 0 Å². The molecular formula is C27H34F2N5O10PS2. The van der Waals surface area contributed by atoms with E-state index in [4.69, 9.17) is 9.79 Å². The number of rotatable bonds is 7. The van der Waals surface area contributed by atoms with Gasteiger partial charge in [-0.25, -0.2) is 8.42 Å². The zero-order valence-corrected chi connectivity index (χ0v) is 27.7. The van der Waals surface area contributed by atoms with Crippen LogP contribution < -0.4 is 10.6 Å². The number of sulfonamides is 1. The second kappa shape index (κ2) is 12.8. The molecule has 1 aromatic carbocycles. The van der Waals surface area contributed by atoms with E-state index in [-0.39, 0.29) is 48.8 Å². The molecule has 5 rings (SSSR count). The fourth-order valence-electron chi connectivity index (χ4n) is 6.21. The molecule has 4 heterocycles. The number of aliphatic hydroxyl groups excluding tert-OH is 1. The lowest BCUT2D eigenvalue weighted by atomic mass is 10.1. The van der Waals surface area contributed by atoms with E-state index in [1.54, 1.807) is 0 Å². The van der Waals surface area contributed by atoms with Crippen molar-refractivity contribution < 1.29 is 55.8 Å². The third kappa shape index (κ3) is 7.06. The highest BCUT2D eigenvalue weighted by Gasteiger charge is 2.50. The molecule has 3 fully saturated rings. The van der Waals surface area contributed by atoms with Crippen LogP contribution in [0.1, 0.15) is 41.4 Å². The van der Waals surface area contributed by atoms with Crippen LogP contribution in [0.5, 0.6) is 0 Å². The number of nitrogens with zero attached hydrogens (tertiary/aromatic N) is 3. The number of halogens is 2. The Bertz CT molecular complexity index is 1770. The molecule has 5 atom stereocenters. The molecule has 0 saturated carbocycles. The summed E-state index contributed by atoms with van der Waals surface area (Å²) < 4.78 is 65.2. The Kier molecular flexibility index (Phi) is 9.57. The molecule has 0 bridgehead atoms.